The van der Waals surface area contributed by atoms with Crippen LogP contribution in [0.5, 0.6) is 5.75 Å². The number of ether oxygens (including phenoxy) is 1. The Morgan fingerprint density at radius 1 is 1.19 bits per heavy atom. The minimum atomic E-state index is -0.152. The molecule has 2 aromatic rings. The number of benzene rings is 1. The van der Waals surface area contributed by atoms with Gasteiger partial charge in [0.05, 0.1) is 7.11 Å². The first kappa shape index (κ1) is 18.5. The number of rotatable bonds is 6. The normalized spacial score (nSPS) is 13.3. The van der Waals surface area contributed by atoms with Gasteiger partial charge in [-0.25, -0.2) is 4.98 Å². The van der Waals surface area contributed by atoms with Crippen molar-refractivity contribution in [2.24, 2.45) is 0 Å². The van der Waals surface area contributed by atoms with Crippen LogP contribution in [0.1, 0.15) is 28.8 Å². The molecule has 1 heterocycles. The fraction of sp³-hybridized carbons (Fsp3) is 0.182. The molecule has 0 aliphatic heterocycles. The number of anilines is 1. The van der Waals surface area contributed by atoms with Crippen molar-refractivity contribution in [2.75, 3.05) is 12.4 Å². The summed E-state index contributed by atoms with van der Waals surface area (Å²) in [6, 6.07) is 10.9. The number of carbonyl (C=O) groups is 1. The van der Waals surface area contributed by atoms with Crippen molar-refractivity contribution >= 4 is 11.7 Å². The Bertz CT molecular complexity index is 911. The second kappa shape index (κ2) is 8.36. The van der Waals surface area contributed by atoms with E-state index in [1.54, 1.807) is 37.6 Å². The topological polar surface area (TPSA) is 63.2 Å². The van der Waals surface area contributed by atoms with E-state index < -0.39 is 0 Å². The molecule has 0 saturated carbocycles. The molecule has 1 aromatic carbocycles. The number of carbonyl (C=O) groups excluding carboxylic acids is 1. The maximum Gasteiger partial charge on any atom is 0.255 e. The van der Waals surface area contributed by atoms with E-state index >= 15 is 0 Å². The van der Waals surface area contributed by atoms with Crippen molar-refractivity contribution < 1.29 is 9.53 Å². The highest BCUT2D eigenvalue weighted by Crippen LogP contribution is 2.23. The molecule has 1 aliphatic carbocycles. The van der Waals surface area contributed by atoms with Crippen LogP contribution in [0.2, 0.25) is 0 Å². The summed E-state index contributed by atoms with van der Waals surface area (Å²) in [5, 5.41) is 6.19. The van der Waals surface area contributed by atoms with Crippen molar-refractivity contribution in [1.82, 2.24) is 10.3 Å². The first-order valence-electron chi connectivity index (χ1n) is 8.80. The third-order valence-corrected chi connectivity index (χ3v) is 4.30. The number of nitrogens with one attached hydrogen (secondary N) is 2. The summed E-state index contributed by atoms with van der Waals surface area (Å²) < 4.78 is 5.12. The molecule has 0 saturated heterocycles. The molecule has 0 fully saturated rings. The Morgan fingerprint density at radius 2 is 1.96 bits per heavy atom. The van der Waals surface area contributed by atoms with Gasteiger partial charge in [0.25, 0.3) is 5.91 Å². The summed E-state index contributed by atoms with van der Waals surface area (Å²) in [5.41, 5.74) is 4.32. The number of aromatic nitrogens is 1. The van der Waals surface area contributed by atoms with E-state index in [1.807, 2.05) is 31.2 Å². The van der Waals surface area contributed by atoms with Crippen LogP contribution in [0.3, 0.4) is 0 Å². The monoisotopic (exact) mass is 361 g/mol. The van der Waals surface area contributed by atoms with Gasteiger partial charge in [-0.15, -0.1) is 0 Å². The zero-order valence-corrected chi connectivity index (χ0v) is 15.6. The third-order valence-electron chi connectivity index (χ3n) is 4.30. The molecule has 0 radical (unpaired) electrons. The second-order valence-electron chi connectivity index (χ2n) is 6.37. The molecule has 2 N–H and O–H groups in total. The highest BCUT2D eigenvalue weighted by atomic mass is 16.5. The first-order valence-corrected chi connectivity index (χ1v) is 8.80. The largest absolute Gasteiger partial charge is 0.497 e. The lowest BCUT2D eigenvalue weighted by molar-refractivity contribution is 0.0967. The van der Waals surface area contributed by atoms with Gasteiger partial charge in [0.1, 0.15) is 11.6 Å². The van der Waals surface area contributed by atoms with E-state index in [2.05, 4.69) is 22.2 Å². The molecule has 5 nitrogen and oxygen atoms in total. The fourth-order valence-corrected chi connectivity index (χ4v) is 2.81. The van der Waals surface area contributed by atoms with Gasteiger partial charge in [-0.3, -0.25) is 4.79 Å². The van der Waals surface area contributed by atoms with E-state index in [-0.39, 0.29) is 5.91 Å². The van der Waals surface area contributed by atoms with Crippen molar-refractivity contribution in [3.8, 4) is 5.75 Å². The predicted octanol–water partition coefficient (Wildman–Crippen LogP) is 4.36. The Hall–Kier alpha value is -3.34. The predicted molar refractivity (Wildman–Crippen MR) is 108 cm³/mol. The fourth-order valence-electron chi connectivity index (χ4n) is 2.81. The van der Waals surface area contributed by atoms with Crippen LogP contribution in [0.25, 0.3) is 0 Å². The molecule has 0 unspecified atom stereocenters. The minimum Gasteiger partial charge on any atom is -0.497 e. The van der Waals surface area contributed by atoms with E-state index in [0.717, 1.165) is 46.9 Å². The van der Waals surface area contributed by atoms with Gasteiger partial charge in [0.15, 0.2) is 0 Å². The van der Waals surface area contributed by atoms with Crippen LogP contribution in [0.15, 0.2) is 78.3 Å². The summed E-state index contributed by atoms with van der Waals surface area (Å²) in [6.07, 6.45) is 7.44. The average molecular weight is 361 g/mol. The molecule has 1 aliphatic rings. The average Bonchev–Trinajstić information content (AvgIpc) is 2.68. The summed E-state index contributed by atoms with van der Waals surface area (Å²) in [5.74, 6) is 1.33. The standard InChI is InChI=1S/C22H23N3O2/c1-15-11-12-23-21(13-15)24-16(2)18-5-4-6-19(14-18)25-22(26)17-7-9-20(27-3)10-8-17/h6-14H,2,4-5H2,1,3H3,(H,23,24)(H,25,26). The number of amides is 1. The molecule has 1 amide bonds. The number of nitrogens with zero attached hydrogens (tertiary/aromatic N) is 1. The molecule has 27 heavy (non-hydrogen) atoms. The molecule has 1 aromatic heterocycles. The molecule has 138 valence electrons. The second-order valence-corrected chi connectivity index (χ2v) is 6.37. The highest BCUT2D eigenvalue weighted by molar-refractivity contribution is 5.95. The van der Waals surface area contributed by atoms with Gasteiger partial charge in [0.2, 0.25) is 0 Å². The summed E-state index contributed by atoms with van der Waals surface area (Å²) in [7, 11) is 1.60. The van der Waals surface area contributed by atoms with Crippen molar-refractivity contribution in [3.63, 3.8) is 0 Å². The van der Waals surface area contributed by atoms with Crippen LogP contribution >= 0.6 is 0 Å². The molecule has 0 bridgehead atoms. The minimum absolute atomic E-state index is 0.152. The number of hydrogen-bond acceptors (Lipinski definition) is 4. The van der Waals surface area contributed by atoms with Gasteiger partial charge in [-0.05, 0) is 73.4 Å². The summed E-state index contributed by atoms with van der Waals surface area (Å²) in [4.78, 5) is 16.7. The van der Waals surface area contributed by atoms with Crippen LogP contribution in [-0.2, 0) is 0 Å². The molecule has 3 rings (SSSR count). The lowest BCUT2D eigenvalue weighted by atomic mass is 10.0. The summed E-state index contributed by atoms with van der Waals surface area (Å²) in [6.45, 7) is 6.14. The maximum absolute atomic E-state index is 12.4. The molecule has 5 heteroatoms. The Balaban J connectivity index is 1.66. The van der Waals surface area contributed by atoms with E-state index in [1.165, 1.54) is 0 Å². The number of pyridine rings is 1. The van der Waals surface area contributed by atoms with Crippen LogP contribution in [0, 0.1) is 6.92 Å². The van der Waals surface area contributed by atoms with E-state index in [0.29, 0.717) is 5.56 Å². The highest BCUT2D eigenvalue weighted by Gasteiger charge is 2.13. The van der Waals surface area contributed by atoms with Gasteiger partial charge >= 0.3 is 0 Å². The summed E-state index contributed by atoms with van der Waals surface area (Å²) >= 11 is 0. The Labute approximate surface area is 159 Å². The first-order chi connectivity index (χ1) is 13.0. The van der Waals surface area contributed by atoms with Crippen LogP contribution < -0.4 is 15.4 Å². The Kier molecular flexibility index (Phi) is 5.71. The van der Waals surface area contributed by atoms with Crippen molar-refractivity contribution in [3.05, 3.63) is 89.4 Å². The van der Waals surface area contributed by atoms with E-state index in [9.17, 15) is 4.79 Å². The van der Waals surface area contributed by atoms with Gasteiger partial charge in [-0.2, -0.15) is 0 Å². The molecular formula is C22H23N3O2. The number of hydrogen-bond donors (Lipinski definition) is 2. The lowest BCUT2D eigenvalue weighted by Crippen LogP contribution is -2.23. The SMILES string of the molecule is C=C(Nc1cc(C)ccn1)C1=CC(NC(=O)c2ccc(OC)cc2)=CCC1. The van der Waals surface area contributed by atoms with Gasteiger partial charge in [-0.1, -0.05) is 12.7 Å². The van der Waals surface area contributed by atoms with Gasteiger partial charge in [0, 0.05) is 23.2 Å². The van der Waals surface area contributed by atoms with Crippen LogP contribution in [0.4, 0.5) is 5.82 Å². The maximum atomic E-state index is 12.4. The number of methoxy groups -OCH3 is 1. The number of allylic oxidation sites excluding steroid dienone is 3. The zero-order chi connectivity index (χ0) is 19.2. The molecular weight excluding hydrogens is 338 g/mol. The van der Waals surface area contributed by atoms with E-state index in [4.69, 9.17) is 4.74 Å². The quantitative estimate of drug-likeness (QED) is 0.802. The number of aryl methyl sites for hydroxylation is 1. The van der Waals surface area contributed by atoms with Crippen molar-refractivity contribution in [2.45, 2.75) is 19.8 Å². The molecule has 0 atom stereocenters. The van der Waals surface area contributed by atoms with Crippen LogP contribution in [-0.4, -0.2) is 18.0 Å². The third kappa shape index (κ3) is 4.85. The van der Waals surface area contributed by atoms with Gasteiger partial charge < -0.3 is 15.4 Å². The van der Waals surface area contributed by atoms with Crippen molar-refractivity contribution in [1.29, 1.82) is 0 Å². The molecule has 0 spiro atoms. The lowest BCUT2D eigenvalue weighted by Gasteiger charge is -2.18. The smallest absolute Gasteiger partial charge is 0.255 e. The Morgan fingerprint density at radius 3 is 2.67 bits per heavy atom. The zero-order valence-electron chi connectivity index (χ0n) is 15.6.